The third-order valence-corrected chi connectivity index (χ3v) is 6.50. The second-order valence-electron chi connectivity index (χ2n) is 5.04. The van der Waals surface area contributed by atoms with Crippen molar-refractivity contribution in [2.45, 2.75) is 6.29 Å². The van der Waals surface area contributed by atoms with Gasteiger partial charge >= 0.3 is 0 Å². The zero-order chi connectivity index (χ0) is 16.3. The fourth-order valence-electron chi connectivity index (χ4n) is 2.13. The number of aliphatic hydroxyl groups excluding tert-OH is 1. The minimum Gasteiger partial charge on any atom is -0.506 e. The largest absolute Gasteiger partial charge is 0.506 e. The monoisotopic (exact) mass is 553 g/mol. The molecule has 0 aromatic heterocycles. The summed E-state index contributed by atoms with van der Waals surface area (Å²) in [5, 5.41) is 20.0. The number of benzene rings is 1. The first-order valence-corrected chi connectivity index (χ1v) is 10.7. The van der Waals surface area contributed by atoms with Crippen molar-refractivity contribution in [3.05, 3.63) is 24.8 Å². The highest BCUT2D eigenvalue weighted by Gasteiger charge is 2.22. The Kier molecular flexibility index (Phi) is 6.71. The zero-order valence-corrected chi connectivity index (χ0v) is 16.8. The van der Waals surface area contributed by atoms with Gasteiger partial charge in [0.2, 0.25) is 0 Å². The van der Waals surface area contributed by atoms with Crippen LogP contribution in [0.2, 0.25) is 0 Å². The summed E-state index contributed by atoms with van der Waals surface area (Å²) in [5.74, 6) is 0.370. The van der Waals surface area contributed by atoms with Crippen LogP contribution in [-0.4, -0.2) is 61.3 Å². The van der Waals surface area contributed by atoms with Crippen LogP contribution in [-0.2, 0) is 14.6 Å². The Hall–Kier alpha value is 0.310. The molecule has 0 saturated carbocycles. The lowest BCUT2D eigenvalue weighted by atomic mass is 10.2. The third kappa shape index (κ3) is 5.16. The van der Waals surface area contributed by atoms with Crippen LogP contribution < -0.4 is 0 Å². The number of rotatable bonds is 5. The Bertz CT molecular complexity index is 624. The van der Waals surface area contributed by atoms with E-state index in [1.165, 1.54) is 0 Å². The van der Waals surface area contributed by atoms with Crippen LogP contribution in [0, 0.1) is 7.14 Å². The van der Waals surface area contributed by atoms with Gasteiger partial charge in [0.15, 0.2) is 16.1 Å². The van der Waals surface area contributed by atoms with Gasteiger partial charge in [0, 0.05) is 23.2 Å². The molecule has 1 heterocycles. The molecule has 124 valence electrons. The lowest BCUT2D eigenvalue weighted by molar-refractivity contribution is -0.107. The maximum Gasteiger partial charge on any atom is 0.184 e. The molecule has 1 atom stereocenters. The molecule has 0 bridgehead atoms. The number of phenolic OH excluding ortho intramolecular Hbond substituents is 1. The highest BCUT2D eigenvalue weighted by atomic mass is 127. The molecular weight excluding hydrogens is 536 g/mol. The van der Waals surface area contributed by atoms with Crippen molar-refractivity contribution in [1.82, 2.24) is 4.90 Å². The van der Waals surface area contributed by atoms with E-state index in [-0.39, 0.29) is 23.9 Å². The highest BCUT2D eigenvalue weighted by Crippen LogP contribution is 2.31. The second-order valence-corrected chi connectivity index (χ2v) is 9.75. The molecule has 0 amide bonds. The molecule has 22 heavy (non-hydrogen) atoms. The van der Waals surface area contributed by atoms with E-state index in [4.69, 9.17) is 4.74 Å². The predicted molar refractivity (Wildman–Crippen MR) is 99.5 cm³/mol. The van der Waals surface area contributed by atoms with Gasteiger partial charge in [0.05, 0.1) is 27.2 Å². The molecule has 0 aliphatic carbocycles. The van der Waals surface area contributed by atoms with E-state index < -0.39 is 16.1 Å². The van der Waals surface area contributed by atoms with Crippen molar-refractivity contribution in [3.63, 3.8) is 0 Å². The molecular formula is C13H17I2NO5S. The normalized spacial score (nSPS) is 20.0. The SMILES string of the molecule is O=S1(=O)CCN(CCO[C@H](O)c2cc(I)cc(I)c2O)CC1. The van der Waals surface area contributed by atoms with Crippen molar-refractivity contribution in [2.24, 2.45) is 0 Å². The summed E-state index contributed by atoms with van der Waals surface area (Å²) in [6.45, 7) is 1.80. The number of aliphatic hydroxyl groups is 1. The number of nitrogens with zero attached hydrogens (tertiary/aromatic N) is 1. The van der Waals surface area contributed by atoms with E-state index in [2.05, 4.69) is 22.6 Å². The van der Waals surface area contributed by atoms with Gasteiger partial charge in [-0.3, -0.25) is 4.90 Å². The Balaban J connectivity index is 1.85. The maximum atomic E-state index is 11.3. The van der Waals surface area contributed by atoms with Gasteiger partial charge in [0.1, 0.15) is 5.75 Å². The fraction of sp³-hybridized carbons (Fsp3) is 0.538. The molecule has 1 aliphatic heterocycles. The molecule has 0 radical (unpaired) electrons. The molecule has 9 heteroatoms. The van der Waals surface area contributed by atoms with Crippen molar-refractivity contribution in [3.8, 4) is 5.75 Å². The Morgan fingerprint density at radius 1 is 1.27 bits per heavy atom. The first kappa shape index (κ1) is 18.6. The summed E-state index contributed by atoms with van der Waals surface area (Å²) in [7, 11) is -2.88. The molecule has 0 unspecified atom stereocenters. The number of ether oxygens (including phenoxy) is 1. The molecule has 1 saturated heterocycles. The van der Waals surface area contributed by atoms with Gasteiger partial charge < -0.3 is 14.9 Å². The topological polar surface area (TPSA) is 87.1 Å². The van der Waals surface area contributed by atoms with Gasteiger partial charge in [-0.05, 0) is 57.3 Å². The minimum atomic E-state index is -2.88. The van der Waals surface area contributed by atoms with Crippen molar-refractivity contribution in [2.75, 3.05) is 37.7 Å². The van der Waals surface area contributed by atoms with Gasteiger partial charge in [-0.25, -0.2) is 8.42 Å². The fourth-order valence-corrected chi connectivity index (χ4v) is 5.30. The Morgan fingerprint density at radius 2 is 1.91 bits per heavy atom. The number of hydrogen-bond donors (Lipinski definition) is 2. The first-order chi connectivity index (χ1) is 10.3. The zero-order valence-electron chi connectivity index (χ0n) is 11.7. The summed E-state index contributed by atoms with van der Waals surface area (Å²) >= 11 is 4.11. The molecule has 2 rings (SSSR count). The summed E-state index contributed by atoms with van der Waals surface area (Å²) in [6, 6.07) is 3.48. The van der Waals surface area contributed by atoms with E-state index in [1.54, 1.807) is 12.1 Å². The molecule has 1 aromatic rings. The minimum absolute atomic E-state index is 0.0255. The third-order valence-electron chi connectivity index (χ3n) is 3.44. The molecule has 6 nitrogen and oxygen atoms in total. The second kappa shape index (κ2) is 7.92. The standard InChI is InChI=1S/C13H17I2NO5S/c14-9-7-10(12(17)11(15)8-9)13(18)21-4-1-16-2-5-22(19,20)6-3-16/h7-8,13,17-18H,1-6H2/t13-/m0/s1. The lowest BCUT2D eigenvalue weighted by Crippen LogP contribution is -2.41. The van der Waals surface area contributed by atoms with Crippen LogP contribution in [0.5, 0.6) is 5.75 Å². The van der Waals surface area contributed by atoms with E-state index in [9.17, 15) is 18.6 Å². The number of sulfone groups is 1. The van der Waals surface area contributed by atoms with E-state index in [0.717, 1.165) is 3.57 Å². The number of halogens is 2. The average molecular weight is 553 g/mol. The van der Waals surface area contributed by atoms with Crippen LogP contribution in [0.3, 0.4) is 0 Å². The molecule has 2 N–H and O–H groups in total. The maximum absolute atomic E-state index is 11.3. The predicted octanol–water partition coefficient (Wildman–Crippen LogP) is 1.34. The quantitative estimate of drug-likeness (QED) is 0.423. The Labute approximate surface area is 157 Å². The van der Waals surface area contributed by atoms with E-state index in [0.29, 0.717) is 28.8 Å². The van der Waals surface area contributed by atoms with Crippen LogP contribution in [0.1, 0.15) is 11.9 Å². The summed E-state index contributed by atoms with van der Waals surface area (Å²) in [6.07, 6.45) is -1.20. The van der Waals surface area contributed by atoms with E-state index >= 15 is 0 Å². The van der Waals surface area contributed by atoms with Crippen LogP contribution >= 0.6 is 45.2 Å². The molecule has 1 fully saturated rings. The summed E-state index contributed by atoms with van der Waals surface area (Å²) in [5.41, 5.74) is 0.345. The summed E-state index contributed by atoms with van der Waals surface area (Å²) in [4.78, 5) is 1.99. The van der Waals surface area contributed by atoms with Crippen LogP contribution in [0.25, 0.3) is 0 Å². The van der Waals surface area contributed by atoms with Gasteiger partial charge in [-0.2, -0.15) is 0 Å². The van der Waals surface area contributed by atoms with Crippen molar-refractivity contribution < 1.29 is 23.4 Å². The van der Waals surface area contributed by atoms with Crippen molar-refractivity contribution in [1.29, 1.82) is 0 Å². The number of hydrogen-bond acceptors (Lipinski definition) is 6. The summed E-state index contributed by atoms with van der Waals surface area (Å²) < 4.78 is 29.6. The number of phenols is 1. The average Bonchev–Trinajstić information content (AvgIpc) is 2.44. The van der Waals surface area contributed by atoms with Crippen LogP contribution in [0.4, 0.5) is 0 Å². The molecule has 1 aliphatic rings. The van der Waals surface area contributed by atoms with Gasteiger partial charge in [0.25, 0.3) is 0 Å². The van der Waals surface area contributed by atoms with Gasteiger partial charge in [-0.1, -0.05) is 0 Å². The first-order valence-electron chi connectivity index (χ1n) is 6.69. The van der Waals surface area contributed by atoms with Crippen molar-refractivity contribution >= 4 is 55.0 Å². The van der Waals surface area contributed by atoms with E-state index in [1.807, 2.05) is 27.5 Å². The van der Waals surface area contributed by atoms with Crippen LogP contribution in [0.15, 0.2) is 12.1 Å². The Morgan fingerprint density at radius 3 is 2.55 bits per heavy atom. The smallest absolute Gasteiger partial charge is 0.184 e. The highest BCUT2D eigenvalue weighted by molar-refractivity contribution is 14.1. The number of aromatic hydroxyl groups is 1. The lowest BCUT2D eigenvalue weighted by Gasteiger charge is -2.26. The van der Waals surface area contributed by atoms with Gasteiger partial charge in [-0.15, -0.1) is 0 Å². The molecule has 1 aromatic carbocycles. The molecule has 0 spiro atoms.